The fourth-order valence-corrected chi connectivity index (χ4v) is 2.39. The smallest absolute Gasteiger partial charge is 0.235 e. The number of aliphatic hydroxyl groups is 1. The van der Waals surface area contributed by atoms with E-state index in [-0.39, 0.29) is 18.4 Å². The lowest BCUT2D eigenvalue weighted by molar-refractivity contribution is -0.121. The van der Waals surface area contributed by atoms with E-state index in [1.54, 1.807) is 0 Å². The minimum absolute atomic E-state index is 0.0794. The molecule has 0 fully saturated rings. The number of hydrogen-bond acceptors (Lipinski definition) is 2. The molecular weight excluding hydrogens is 226 g/mol. The number of hydrogen-bond donors (Lipinski definition) is 2. The van der Waals surface area contributed by atoms with Crippen LogP contribution in [0.1, 0.15) is 17.5 Å². The van der Waals surface area contributed by atoms with Gasteiger partial charge in [-0.05, 0) is 24.0 Å². The Labute approximate surface area is 99.4 Å². The van der Waals surface area contributed by atoms with Gasteiger partial charge in [0.2, 0.25) is 5.91 Å². The fourth-order valence-electron chi connectivity index (χ4n) is 2.32. The monoisotopic (exact) mass is 239 g/mol. The molecule has 0 aliphatic heterocycles. The molecule has 0 saturated carbocycles. The first-order valence-electron chi connectivity index (χ1n) is 5.28. The summed E-state index contributed by atoms with van der Waals surface area (Å²) in [6, 6.07) is 7.86. The zero-order valence-electron chi connectivity index (χ0n) is 8.87. The lowest BCUT2D eigenvalue weighted by atomic mass is 9.92. The van der Waals surface area contributed by atoms with E-state index in [9.17, 15) is 9.90 Å². The summed E-state index contributed by atoms with van der Waals surface area (Å²) >= 11 is 5.48. The highest BCUT2D eigenvalue weighted by Gasteiger charge is 2.38. The molecule has 0 saturated heterocycles. The van der Waals surface area contributed by atoms with Gasteiger partial charge in [0.25, 0.3) is 0 Å². The molecule has 1 aliphatic rings. The van der Waals surface area contributed by atoms with Crippen LogP contribution in [0.3, 0.4) is 0 Å². The second-order valence-electron chi connectivity index (χ2n) is 4.08. The maximum Gasteiger partial charge on any atom is 0.235 e. The van der Waals surface area contributed by atoms with Crippen LogP contribution in [0.15, 0.2) is 24.3 Å². The molecule has 0 aromatic heterocycles. The van der Waals surface area contributed by atoms with E-state index >= 15 is 0 Å². The van der Waals surface area contributed by atoms with Gasteiger partial charge in [0, 0.05) is 0 Å². The molecule has 1 aliphatic carbocycles. The number of amides is 1. The number of nitrogens with one attached hydrogen (secondary N) is 1. The van der Waals surface area contributed by atoms with E-state index in [0.717, 1.165) is 18.4 Å². The number of carbonyl (C=O) groups is 1. The number of benzene rings is 1. The van der Waals surface area contributed by atoms with Gasteiger partial charge in [-0.25, -0.2) is 0 Å². The van der Waals surface area contributed by atoms with Gasteiger partial charge in [-0.1, -0.05) is 24.3 Å². The van der Waals surface area contributed by atoms with Crippen molar-refractivity contribution in [3.63, 3.8) is 0 Å². The first-order chi connectivity index (χ1) is 7.72. The van der Waals surface area contributed by atoms with Crippen molar-refractivity contribution in [3.05, 3.63) is 35.4 Å². The molecule has 1 unspecified atom stereocenters. The Morgan fingerprint density at radius 3 is 2.94 bits per heavy atom. The van der Waals surface area contributed by atoms with Crippen molar-refractivity contribution in [2.45, 2.75) is 18.4 Å². The minimum Gasteiger partial charge on any atom is -0.394 e. The Hall–Kier alpha value is -1.06. The Morgan fingerprint density at radius 1 is 1.50 bits per heavy atom. The Balaban J connectivity index is 2.34. The molecular formula is C12H14ClNO2. The summed E-state index contributed by atoms with van der Waals surface area (Å²) in [6.45, 7) is -0.0906. The summed E-state index contributed by atoms with van der Waals surface area (Å²) in [6.07, 6.45) is 1.60. The van der Waals surface area contributed by atoms with E-state index in [1.807, 2.05) is 24.3 Å². The summed E-state index contributed by atoms with van der Waals surface area (Å²) in [5, 5.41) is 12.4. The highest BCUT2D eigenvalue weighted by molar-refractivity contribution is 6.27. The molecule has 2 N–H and O–H groups in total. The quantitative estimate of drug-likeness (QED) is 0.779. The highest BCUT2D eigenvalue weighted by atomic mass is 35.5. The van der Waals surface area contributed by atoms with Crippen molar-refractivity contribution in [2.75, 3.05) is 12.5 Å². The Morgan fingerprint density at radius 2 is 2.25 bits per heavy atom. The number of aliphatic hydroxyl groups excluding tert-OH is 1. The van der Waals surface area contributed by atoms with Crippen LogP contribution in [0.4, 0.5) is 0 Å². The van der Waals surface area contributed by atoms with Crippen molar-refractivity contribution >= 4 is 17.5 Å². The van der Waals surface area contributed by atoms with Crippen molar-refractivity contribution in [1.82, 2.24) is 5.32 Å². The van der Waals surface area contributed by atoms with Gasteiger partial charge in [0.1, 0.15) is 5.88 Å². The van der Waals surface area contributed by atoms with Crippen LogP contribution in [0.2, 0.25) is 0 Å². The largest absolute Gasteiger partial charge is 0.394 e. The van der Waals surface area contributed by atoms with Crippen molar-refractivity contribution in [3.8, 4) is 0 Å². The Bertz CT molecular complexity index is 408. The predicted molar refractivity (Wildman–Crippen MR) is 62.4 cm³/mol. The summed E-state index contributed by atoms with van der Waals surface area (Å²) in [4.78, 5) is 11.4. The molecule has 1 aromatic carbocycles. The number of rotatable bonds is 3. The lowest BCUT2D eigenvalue weighted by Gasteiger charge is -2.29. The standard InChI is InChI=1S/C12H14ClNO2/c13-7-11(16)14-12(8-15)6-5-9-3-1-2-4-10(9)12/h1-4,15H,5-8H2,(H,14,16). The third-order valence-electron chi connectivity index (χ3n) is 3.12. The van der Waals surface area contributed by atoms with Gasteiger partial charge in [-0.15, -0.1) is 11.6 Å². The summed E-state index contributed by atoms with van der Waals surface area (Å²) in [5.41, 5.74) is 1.56. The molecule has 1 aromatic rings. The average molecular weight is 240 g/mol. The number of alkyl halides is 1. The van der Waals surface area contributed by atoms with E-state index in [0.29, 0.717) is 0 Å². The van der Waals surface area contributed by atoms with E-state index < -0.39 is 5.54 Å². The SMILES string of the molecule is O=C(CCl)NC1(CO)CCc2ccccc21. The minimum atomic E-state index is -0.636. The molecule has 1 amide bonds. The molecule has 86 valence electrons. The third-order valence-corrected chi connectivity index (χ3v) is 3.37. The normalized spacial score (nSPS) is 22.9. The third kappa shape index (κ3) is 1.81. The maximum absolute atomic E-state index is 11.4. The van der Waals surface area contributed by atoms with Crippen LogP contribution >= 0.6 is 11.6 Å². The molecule has 0 radical (unpaired) electrons. The van der Waals surface area contributed by atoms with Gasteiger partial charge >= 0.3 is 0 Å². The van der Waals surface area contributed by atoms with Gasteiger partial charge in [0.15, 0.2) is 0 Å². The maximum atomic E-state index is 11.4. The molecule has 16 heavy (non-hydrogen) atoms. The number of aryl methyl sites for hydroxylation is 1. The Kier molecular flexibility index (Phi) is 3.17. The van der Waals surface area contributed by atoms with Crippen LogP contribution in [0.25, 0.3) is 0 Å². The van der Waals surface area contributed by atoms with Crippen LogP contribution in [-0.4, -0.2) is 23.5 Å². The van der Waals surface area contributed by atoms with Crippen LogP contribution in [0.5, 0.6) is 0 Å². The molecule has 0 spiro atoms. The van der Waals surface area contributed by atoms with Crippen molar-refractivity contribution < 1.29 is 9.90 Å². The van der Waals surface area contributed by atoms with E-state index in [2.05, 4.69) is 5.32 Å². The van der Waals surface area contributed by atoms with Crippen LogP contribution in [0, 0.1) is 0 Å². The summed E-state index contributed by atoms with van der Waals surface area (Å²) in [5.74, 6) is -0.323. The number of carbonyl (C=O) groups excluding carboxylic acids is 1. The second-order valence-corrected chi connectivity index (χ2v) is 4.35. The van der Waals surface area contributed by atoms with E-state index in [4.69, 9.17) is 11.6 Å². The average Bonchev–Trinajstić information content (AvgIpc) is 2.69. The second kappa shape index (κ2) is 4.44. The van der Waals surface area contributed by atoms with E-state index in [1.165, 1.54) is 5.56 Å². The number of fused-ring (bicyclic) bond motifs is 1. The lowest BCUT2D eigenvalue weighted by Crippen LogP contribution is -2.47. The van der Waals surface area contributed by atoms with Crippen molar-refractivity contribution in [2.24, 2.45) is 0 Å². The van der Waals surface area contributed by atoms with Crippen molar-refractivity contribution in [1.29, 1.82) is 0 Å². The van der Waals surface area contributed by atoms with Gasteiger partial charge < -0.3 is 10.4 Å². The summed E-state index contributed by atoms with van der Waals surface area (Å²) < 4.78 is 0. The molecule has 1 atom stereocenters. The zero-order chi connectivity index (χ0) is 11.6. The first kappa shape index (κ1) is 11.4. The molecule has 0 heterocycles. The van der Waals surface area contributed by atoms with Gasteiger partial charge in [-0.2, -0.15) is 0 Å². The highest BCUT2D eigenvalue weighted by Crippen LogP contribution is 2.36. The molecule has 2 rings (SSSR count). The summed E-state index contributed by atoms with van der Waals surface area (Å²) in [7, 11) is 0. The fraction of sp³-hybridized carbons (Fsp3) is 0.417. The molecule has 0 bridgehead atoms. The van der Waals surface area contributed by atoms with Gasteiger partial charge in [-0.3, -0.25) is 4.79 Å². The topological polar surface area (TPSA) is 49.3 Å². The molecule has 3 nitrogen and oxygen atoms in total. The number of halogens is 1. The zero-order valence-corrected chi connectivity index (χ0v) is 9.63. The first-order valence-corrected chi connectivity index (χ1v) is 5.81. The van der Waals surface area contributed by atoms with Gasteiger partial charge in [0.05, 0.1) is 12.1 Å². The van der Waals surface area contributed by atoms with Crippen LogP contribution < -0.4 is 5.32 Å². The molecule has 4 heteroatoms. The predicted octanol–water partition coefficient (Wildman–Crippen LogP) is 1.18. The van der Waals surface area contributed by atoms with Crippen LogP contribution in [-0.2, 0) is 16.8 Å².